The molecule has 0 aromatic rings. The molecule has 3 N–H and O–H groups in total. The summed E-state index contributed by atoms with van der Waals surface area (Å²) in [7, 11) is 0. The van der Waals surface area contributed by atoms with Crippen molar-refractivity contribution in [3.8, 4) is 0 Å². The van der Waals surface area contributed by atoms with Crippen LogP contribution < -0.4 is 5.73 Å². The van der Waals surface area contributed by atoms with Crippen molar-refractivity contribution in [3.63, 3.8) is 0 Å². The molecule has 0 bridgehead atoms. The number of aliphatic hydroxyl groups is 1. The van der Waals surface area contributed by atoms with E-state index < -0.39 is 0 Å². The summed E-state index contributed by atoms with van der Waals surface area (Å²) in [5.41, 5.74) is 5.93. The molecule has 2 fully saturated rings. The van der Waals surface area contributed by atoms with Gasteiger partial charge in [0.2, 0.25) is 0 Å². The summed E-state index contributed by atoms with van der Waals surface area (Å²) < 4.78 is 0. The minimum absolute atomic E-state index is 0.296. The third-order valence-electron chi connectivity index (χ3n) is 4.22. The summed E-state index contributed by atoms with van der Waals surface area (Å²) in [5, 5.41) is 9.20. The lowest BCUT2D eigenvalue weighted by atomic mass is 9.93. The summed E-state index contributed by atoms with van der Waals surface area (Å²) in [5.74, 6) is 0.662. The smallest absolute Gasteiger partial charge is 0.0558 e. The van der Waals surface area contributed by atoms with Crippen LogP contribution in [0.15, 0.2) is 0 Å². The Kier molecular flexibility index (Phi) is 4.62. The molecule has 2 aliphatic carbocycles. The first-order valence-electron chi connectivity index (χ1n) is 6.93. The third-order valence-corrected chi connectivity index (χ3v) is 4.22. The van der Waals surface area contributed by atoms with Crippen molar-refractivity contribution in [3.05, 3.63) is 0 Å². The normalized spacial score (nSPS) is 31.7. The summed E-state index contributed by atoms with van der Waals surface area (Å²) >= 11 is 0. The Hall–Kier alpha value is -0.120. The summed E-state index contributed by atoms with van der Waals surface area (Å²) in [6, 6.07) is 1.40. The van der Waals surface area contributed by atoms with Gasteiger partial charge in [-0.25, -0.2) is 0 Å². The Morgan fingerprint density at radius 1 is 1.06 bits per heavy atom. The number of hydrogen-bond donors (Lipinski definition) is 2. The molecule has 0 heterocycles. The molecule has 0 saturated heterocycles. The van der Waals surface area contributed by atoms with Crippen molar-refractivity contribution in [2.24, 2.45) is 11.7 Å². The molecule has 0 aliphatic heterocycles. The van der Waals surface area contributed by atoms with Crippen LogP contribution in [-0.4, -0.2) is 41.8 Å². The van der Waals surface area contributed by atoms with Crippen molar-refractivity contribution in [1.29, 1.82) is 0 Å². The highest BCUT2D eigenvalue weighted by atomic mass is 16.3. The molecule has 16 heavy (non-hydrogen) atoms. The fourth-order valence-corrected chi connectivity index (χ4v) is 3.22. The first-order chi connectivity index (χ1) is 7.86. The predicted molar refractivity (Wildman–Crippen MR) is 66.2 cm³/mol. The lowest BCUT2D eigenvalue weighted by Crippen LogP contribution is -2.45. The molecule has 2 unspecified atom stereocenters. The Balaban J connectivity index is 2.00. The minimum atomic E-state index is 0.296. The molecule has 2 aliphatic rings. The lowest BCUT2D eigenvalue weighted by molar-refractivity contribution is 0.100. The van der Waals surface area contributed by atoms with E-state index in [0.717, 1.165) is 19.1 Å². The van der Waals surface area contributed by atoms with Crippen molar-refractivity contribution in [2.75, 3.05) is 19.7 Å². The molecule has 94 valence electrons. The number of nitrogens with zero attached hydrogens (tertiary/aromatic N) is 1. The highest BCUT2D eigenvalue weighted by Crippen LogP contribution is 2.35. The van der Waals surface area contributed by atoms with Crippen molar-refractivity contribution in [2.45, 2.75) is 57.0 Å². The SMILES string of the molecule is NCC1CCCCCC1N(CCO)C1CC1. The zero-order valence-corrected chi connectivity index (χ0v) is 10.3. The topological polar surface area (TPSA) is 49.5 Å². The average Bonchev–Trinajstić information content (AvgIpc) is 3.12. The van der Waals surface area contributed by atoms with Crippen LogP contribution in [0.4, 0.5) is 0 Å². The molecular formula is C13H26N2O. The number of aliphatic hydroxyl groups excluding tert-OH is 1. The van der Waals surface area contributed by atoms with Gasteiger partial charge in [0.15, 0.2) is 0 Å². The van der Waals surface area contributed by atoms with E-state index in [1.807, 2.05) is 0 Å². The van der Waals surface area contributed by atoms with Gasteiger partial charge in [0.25, 0.3) is 0 Å². The molecule has 3 heteroatoms. The fraction of sp³-hybridized carbons (Fsp3) is 1.00. The molecule has 0 aromatic heterocycles. The van der Waals surface area contributed by atoms with Crippen LogP contribution in [0, 0.1) is 5.92 Å². The Bertz CT molecular complexity index is 206. The summed E-state index contributed by atoms with van der Waals surface area (Å²) in [4.78, 5) is 2.56. The molecular weight excluding hydrogens is 200 g/mol. The van der Waals surface area contributed by atoms with Crippen molar-refractivity contribution >= 4 is 0 Å². The molecule has 0 spiro atoms. The van der Waals surface area contributed by atoms with Crippen molar-refractivity contribution < 1.29 is 5.11 Å². The van der Waals surface area contributed by atoms with Crippen LogP contribution in [0.5, 0.6) is 0 Å². The highest BCUT2D eigenvalue weighted by Gasteiger charge is 2.36. The van der Waals surface area contributed by atoms with E-state index in [-0.39, 0.29) is 0 Å². The van der Waals surface area contributed by atoms with Gasteiger partial charge < -0.3 is 10.8 Å². The fourth-order valence-electron chi connectivity index (χ4n) is 3.22. The zero-order chi connectivity index (χ0) is 11.4. The maximum absolute atomic E-state index is 9.20. The number of hydrogen-bond acceptors (Lipinski definition) is 3. The summed E-state index contributed by atoms with van der Waals surface area (Å²) in [6.45, 7) is 1.97. The molecule has 2 saturated carbocycles. The highest BCUT2D eigenvalue weighted by molar-refractivity contribution is 4.92. The van der Waals surface area contributed by atoms with Crippen LogP contribution in [-0.2, 0) is 0 Å². The van der Waals surface area contributed by atoms with Gasteiger partial charge in [0.05, 0.1) is 6.61 Å². The standard InChI is InChI=1S/C13H26N2O/c14-10-11-4-2-1-3-5-13(11)15(8-9-16)12-6-7-12/h11-13,16H,1-10,14H2. The Morgan fingerprint density at radius 2 is 1.81 bits per heavy atom. The molecule has 2 rings (SSSR count). The van der Waals surface area contributed by atoms with E-state index in [9.17, 15) is 5.11 Å². The predicted octanol–water partition coefficient (Wildman–Crippen LogP) is 1.35. The van der Waals surface area contributed by atoms with Gasteiger partial charge in [-0.15, -0.1) is 0 Å². The van der Waals surface area contributed by atoms with Crippen LogP contribution in [0.1, 0.15) is 44.9 Å². The Morgan fingerprint density at radius 3 is 2.44 bits per heavy atom. The minimum Gasteiger partial charge on any atom is -0.395 e. The van der Waals surface area contributed by atoms with Crippen LogP contribution in [0.2, 0.25) is 0 Å². The van der Waals surface area contributed by atoms with Gasteiger partial charge in [-0.3, -0.25) is 4.90 Å². The lowest BCUT2D eigenvalue weighted by Gasteiger charge is -2.35. The first-order valence-corrected chi connectivity index (χ1v) is 6.93. The molecule has 2 atom stereocenters. The van der Waals surface area contributed by atoms with E-state index in [4.69, 9.17) is 5.73 Å². The van der Waals surface area contributed by atoms with E-state index >= 15 is 0 Å². The van der Waals surface area contributed by atoms with E-state index in [1.54, 1.807) is 0 Å². The van der Waals surface area contributed by atoms with Crippen molar-refractivity contribution in [1.82, 2.24) is 4.90 Å². The average molecular weight is 226 g/mol. The maximum Gasteiger partial charge on any atom is 0.0558 e. The second-order valence-corrected chi connectivity index (χ2v) is 5.39. The summed E-state index contributed by atoms with van der Waals surface area (Å²) in [6.07, 6.45) is 9.28. The largest absolute Gasteiger partial charge is 0.395 e. The Labute approximate surface area is 99.0 Å². The van der Waals surface area contributed by atoms with Crippen LogP contribution >= 0.6 is 0 Å². The molecule has 0 radical (unpaired) electrons. The van der Waals surface area contributed by atoms with Crippen LogP contribution in [0.25, 0.3) is 0 Å². The number of nitrogens with two attached hydrogens (primary N) is 1. The van der Waals surface area contributed by atoms with E-state index in [0.29, 0.717) is 18.6 Å². The maximum atomic E-state index is 9.20. The van der Waals surface area contributed by atoms with Gasteiger partial charge in [0, 0.05) is 18.6 Å². The second-order valence-electron chi connectivity index (χ2n) is 5.39. The van der Waals surface area contributed by atoms with Gasteiger partial charge in [0.1, 0.15) is 0 Å². The van der Waals surface area contributed by atoms with E-state index in [1.165, 1.54) is 44.9 Å². The van der Waals surface area contributed by atoms with Gasteiger partial charge in [-0.05, 0) is 38.1 Å². The number of rotatable bonds is 5. The van der Waals surface area contributed by atoms with E-state index in [2.05, 4.69) is 4.90 Å². The second kappa shape index (κ2) is 5.99. The molecule has 0 amide bonds. The third kappa shape index (κ3) is 2.96. The zero-order valence-electron chi connectivity index (χ0n) is 10.3. The van der Waals surface area contributed by atoms with Gasteiger partial charge >= 0.3 is 0 Å². The monoisotopic (exact) mass is 226 g/mol. The van der Waals surface area contributed by atoms with Gasteiger partial charge in [-0.1, -0.05) is 19.3 Å². The quantitative estimate of drug-likeness (QED) is 0.696. The van der Waals surface area contributed by atoms with Gasteiger partial charge in [-0.2, -0.15) is 0 Å². The first kappa shape index (κ1) is 12.3. The van der Waals surface area contributed by atoms with Crippen LogP contribution in [0.3, 0.4) is 0 Å². The molecule has 3 nitrogen and oxygen atoms in total. The molecule has 0 aromatic carbocycles.